The lowest BCUT2D eigenvalue weighted by Crippen LogP contribution is -2.27. The van der Waals surface area contributed by atoms with Crippen molar-refractivity contribution in [3.05, 3.63) is 41.2 Å². The number of hydrogen-bond donors (Lipinski definition) is 1. The summed E-state index contributed by atoms with van der Waals surface area (Å²) in [5.74, 6) is 0.905. The van der Waals surface area contributed by atoms with Crippen LogP contribution in [0.15, 0.2) is 32.3 Å². The summed E-state index contributed by atoms with van der Waals surface area (Å²) in [5.41, 5.74) is 6.95. The molecule has 7 heteroatoms. The van der Waals surface area contributed by atoms with Crippen LogP contribution < -0.4 is 5.73 Å². The highest BCUT2D eigenvalue weighted by atomic mass is 32.2. The molecule has 0 bridgehead atoms. The number of furan rings is 2. The predicted molar refractivity (Wildman–Crippen MR) is 73.4 cm³/mol. The molecule has 2 N–H and O–H groups in total. The molecule has 0 saturated carbocycles. The van der Waals surface area contributed by atoms with E-state index < -0.39 is 10.0 Å². The van der Waals surface area contributed by atoms with Gasteiger partial charge in [-0.3, -0.25) is 0 Å². The smallest absolute Gasteiger partial charge is 0.246 e. The zero-order valence-electron chi connectivity index (χ0n) is 11.7. The molecule has 0 aliphatic rings. The Morgan fingerprint density at radius 3 is 2.55 bits per heavy atom. The number of nitrogens with zero attached hydrogens (tertiary/aromatic N) is 1. The van der Waals surface area contributed by atoms with Crippen molar-refractivity contribution in [2.24, 2.45) is 5.73 Å². The second-order valence-corrected chi connectivity index (χ2v) is 6.60. The Bertz CT molecular complexity index is 686. The van der Waals surface area contributed by atoms with Gasteiger partial charge in [-0.1, -0.05) is 0 Å². The average Bonchev–Trinajstić information content (AvgIpc) is 2.96. The number of rotatable bonds is 5. The number of hydrogen-bond acceptors (Lipinski definition) is 5. The van der Waals surface area contributed by atoms with Crippen LogP contribution in [-0.4, -0.2) is 19.8 Å². The minimum Gasteiger partial charge on any atom is -0.472 e. The van der Waals surface area contributed by atoms with Crippen LogP contribution in [0, 0.1) is 13.8 Å². The van der Waals surface area contributed by atoms with Gasteiger partial charge in [-0.15, -0.1) is 0 Å². The molecule has 0 saturated heterocycles. The first-order valence-electron chi connectivity index (χ1n) is 6.14. The van der Waals surface area contributed by atoms with Crippen LogP contribution in [-0.2, 0) is 23.1 Å². The van der Waals surface area contributed by atoms with Gasteiger partial charge in [0.15, 0.2) is 0 Å². The lowest BCUT2D eigenvalue weighted by Gasteiger charge is -2.16. The molecule has 0 spiro atoms. The van der Waals surface area contributed by atoms with Gasteiger partial charge in [0.25, 0.3) is 0 Å². The van der Waals surface area contributed by atoms with E-state index in [1.54, 1.807) is 19.9 Å². The molecule has 6 nitrogen and oxygen atoms in total. The van der Waals surface area contributed by atoms with Crippen LogP contribution in [0.5, 0.6) is 0 Å². The maximum Gasteiger partial charge on any atom is 0.246 e. The number of sulfonamides is 1. The van der Waals surface area contributed by atoms with Gasteiger partial charge in [0.1, 0.15) is 16.4 Å². The van der Waals surface area contributed by atoms with Gasteiger partial charge in [0.05, 0.1) is 12.5 Å². The Hall–Kier alpha value is -1.57. The van der Waals surface area contributed by atoms with Crippen LogP contribution in [0.4, 0.5) is 0 Å². The highest BCUT2D eigenvalue weighted by Gasteiger charge is 2.30. The second kappa shape index (κ2) is 5.43. The van der Waals surface area contributed by atoms with Crippen molar-refractivity contribution in [2.75, 3.05) is 7.05 Å². The number of nitrogens with two attached hydrogens (primary N) is 1. The lowest BCUT2D eigenvalue weighted by atomic mass is 10.2. The third-order valence-corrected chi connectivity index (χ3v) is 5.18. The van der Waals surface area contributed by atoms with E-state index in [2.05, 4.69) is 0 Å². The standard InChI is InChI=1S/C13H18N2O4S/c1-9-12(6-14)13(10(2)19-9)20(16,17)15(3)7-11-4-5-18-8-11/h4-5,8H,6-7,14H2,1-3H3. The summed E-state index contributed by atoms with van der Waals surface area (Å²) in [6.07, 6.45) is 3.03. The molecule has 0 aromatic carbocycles. The van der Waals surface area contributed by atoms with Gasteiger partial charge in [-0.05, 0) is 19.9 Å². The average molecular weight is 298 g/mol. The molecule has 0 unspecified atom stereocenters. The van der Waals surface area contributed by atoms with Crippen molar-refractivity contribution < 1.29 is 17.3 Å². The Morgan fingerprint density at radius 1 is 1.30 bits per heavy atom. The van der Waals surface area contributed by atoms with E-state index in [0.29, 0.717) is 17.1 Å². The third-order valence-electron chi connectivity index (χ3n) is 3.18. The Kier molecular flexibility index (Phi) is 4.03. The zero-order valence-corrected chi connectivity index (χ0v) is 12.5. The highest BCUT2D eigenvalue weighted by molar-refractivity contribution is 7.89. The van der Waals surface area contributed by atoms with Crippen molar-refractivity contribution in [1.82, 2.24) is 4.31 Å². The molecule has 0 amide bonds. The molecule has 2 aromatic rings. The molecule has 110 valence electrons. The molecule has 0 aliphatic heterocycles. The quantitative estimate of drug-likeness (QED) is 0.908. The van der Waals surface area contributed by atoms with Gasteiger partial charge in [-0.2, -0.15) is 4.31 Å². The van der Waals surface area contributed by atoms with E-state index in [-0.39, 0.29) is 18.0 Å². The summed E-state index contributed by atoms with van der Waals surface area (Å²) >= 11 is 0. The van der Waals surface area contributed by atoms with Crippen LogP contribution >= 0.6 is 0 Å². The first-order valence-corrected chi connectivity index (χ1v) is 7.58. The number of aryl methyl sites for hydroxylation is 2. The highest BCUT2D eigenvalue weighted by Crippen LogP contribution is 2.29. The van der Waals surface area contributed by atoms with Gasteiger partial charge < -0.3 is 14.6 Å². The Morgan fingerprint density at radius 2 is 2.00 bits per heavy atom. The largest absolute Gasteiger partial charge is 0.472 e. The second-order valence-electron chi connectivity index (χ2n) is 4.62. The fraction of sp³-hybridized carbons (Fsp3) is 0.385. The van der Waals surface area contributed by atoms with E-state index in [9.17, 15) is 8.42 Å². The fourth-order valence-corrected chi connectivity index (χ4v) is 3.74. The topological polar surface area (TPSA) is 89.7 Å². The summed E-state index contributed by atoms with van der Waals surface area (Å²) in [6, 6.07) is 1.73. The lowest BCUT2D eigenvalue weighted by molar-refractivity contribution is 0.457. The summed E-state index contributed by atoms with van der Waals surface area (Å²) in [5, 5.41) is 0. The van der Waals surface area contributed by atoms with Gasteiger partial charge >= 0.3 is 0 Å². The van der Waals surface area contributed by atoms with Crippen molar-refractivity contribution in [3.8, 4) is 0 Å². The zero-order chi connectivity index (χ0) is 14.9. The summed E-state index contributed by atoms with van der Waals surface area (Å²) in [6.45, 7) is 3.69. The fourth-order valence-electron chi connectivity index (χ4n) is 2.16. The summed E-state index contributed by atoms with van der Waals surface area (Å²) in [4.78, 5) is 0.170. The molecule has 0 fully saturated rings. The van der Waals surface area contributed by atoms with Gasteiger partial charge in [-0.25, -0.2) is 8.42 Å². The van der Waals surface area contributed by atoms with E-state index in [4.69, 9.17) is 14.6 Å². The minimum absolute atomic E-state index is 0.122. The summed E-state index contributed by atoms with van der Waals surface area (Å²) in [7, 11) is -2.13. The normalized spacial score (nSPS) is 12.2. The van der Waals surface area contributed by atoms with Crippen molar-refractivity contribution >= 4 is 10.0 Å². The molecular formula is C13H18N2O4S. The molecule has 0 atom stereocenters. The predicted octanol–water partition coefficient (Wildman–Crippen LogP) is 1.77. The van der Waals surface area contributed by atoms with Gasteiger partial charge in [0.2, 0.25) is 10.0 Å². The molecule has 2 heterocycles. The molecule has 0 radical (unpaired) electrons. The molecule has 2 rings (SSSR count). The summed E-state index contributed by atoms with van der Waals surface area (Å²) < 4.78 is 36.9. The van der Waals surface area contributed by atoms with E-state index in [1.807, 2.05) is 0 Å². The molecular weight excluding hydrogens is 280 g/mol. The monoisotopic (exact) mass is 298 g/mol. The molecule has 20 heavy (non-hydrogen) atoms. The first-order chi connectivity index (χ1) is 9.37. The van der Waals surface area contributed by atoms with Crippen LogP contribution in [0.3, 0.4) is 0 Å². The maximum absolute atomic E-state index is 12.7. The Labute approximate surface area is 118 Å². The third kappa shape index (κ3) is 2.52. The van der Waals surface area contributed by atoms with Crippen LogP contribution in [0.1, 0.15) is 22.6 Å². The maximum atomic E-state index is 12.7. The van der Waals surface area contributed by atoms with Crippen molar-refractivity contribution in [3.63, 3.8) is 0 Å². The van der Waals surface area contributed by atoms with Crippen molar-refractivity contribution in [2.45, 2.75) is 31.8 Å². The van der Waals surface area contributed by atoms with E-state index in [1.165, 1.54) is 23.9 Å². The van der Waals surface area contributed by atoms with Gasteiger partial charge in [0, 0.05) is 31.3 Å². The minimum atomic E-state index is -3.65. The first kappa shape index (κ1) is 14.8. The van der Waals surface area contributed by atoms with E-state index >= 15 is 0 Å². The SMILES string of the molecule is Cc1oc(C)c(S(=O)(=O)N(C)Cc2ccoc2)c1CN. The van der Waals surface area contributed by atoms with Crippen LogP contribution in [0.25, 0.3) is 0 Å². The molecule has 2 aromatic heterocycles. The van der Waals surface area contributed by atoms with Crippen LogP contribution in [0.2, 0.25) is 0 Å². The Balaban J connectivity index is 2.40. The molecule has 0 aliphatic carbocycles. The van der Waals surface area contributed by atoms with Crippen molar-refractivity contribution in [1.29, 1.82) is 0 Å². The van der Waals surface area contributed by atoms with E-state index in [0.717, 1.165) is 5.56 Å².